The van der Waals surface area contributed by atoms with Crippen LogP contribution in [0.1, 0.15) is 26.2 Å². The van der Waals surface area contributed by atoms with Crippen molar-refractivity contribution in [2.45, 2.75) is 32.7 Å². The Morgan fingerprint density at radius 1 is 1.56 bits per heavy atom. The molecule has 0 aliphatic heterocycles. The van der Waals surface area contributed by atoms with Crippen LogP contribution in [0, 0.1) is 16.6 Å². The summed E-state index contributed by atoms with van der Waals surface area (Å²) < 4.78 is 2.86. The van der Waals surface area contributed by atoms with Crippen molar-refractivity contribution in [2.75, 3.05) is 0 Å². The number of aromatic nitrogens is 3. The lowest BCUT2D eigenvalue weighted by molar-refractivity contribution is 0.443. The van der Waals surface area contributed by atoms with E-state index in [9.17, 15) is 0 Å². The summed E-state index contributed by atoms with van der Waals surface area (Å²) in [6.45, 7) is 3.30. The zero-order valence-electron chi connectivity index (χ0n) is 10.3. The fourth-order valence-electron chi connectivity index (χ4n) is 2.94. The molecule has 0 spiro atoms. The van der Waals surface area contributed by atoms with Gasteiger partial charge in [0.15, 0.2) is 10.4 Å². The van der Waals surface area contributed by atoms with Crippen LogP contribution in [0.15, 0.2) is 12.3 Å². The van der Waals surface area contributed by atoms with Gasteiger partial charge in [-0.25, -0.2) is 4.98 Å². The predicted octanol–water partition coefficient (Wildman–Crippen LogP) is 4.18. The molecule has 5 heteroatoms. The Morgan fingerprint density at radius 3 is 3.11 bits per heavy atom. The average molecular weight is 282 g/mol. The Bertz CT molecular complexity index is 631. The Morgan fingerprint density at radius 2 is 2.39 bits per heavy atom. The van der Waals surface area contributed by atoms with Gasteiger partial charge in [-0.1, -0.05) is 24.9 Å². The maximum atomic E-state index is 5.94. The molecule has 2 atom stereocenters. The molecule has 0 radical (unpaired) electrons. The van der Waals surface area contributed by atoms with Gasteiger partial charge in [0.1, 0.15) is 0 Å². The van der Waals surface area contributed by atoms with E-state index >= 15 is 0 Å². The smallest absolute Gasteiger partial charge is 0.179 e. The van der Waals surface area contributed by atoms with Gasteiger partial charge in [0, 0.05) is 12.7 Å². The number of hydrogen-bond donors (Lipinski definition) is 1. The summed E-state index contributed by atoms with van der Waals surface area (Å²) in [4.78, 5) is 7.58. The molecule has 2 aromatic rings. The second kappa shape index (κ2) is 4.67. The van der Waals surface area contributed by atoms with Gasteiger partial charge in [-0.2, -0.15) is 0 Å². The first-order valence-corrected chi connectivity index (χ1v) is 7.16. The number of fused-ring (bicyclic) bond motifs is 1. The lowest BCUT2D eigenvalue weighted by atomic mass is 10.1. The number of halogens is 1. The molecular weight excluding hydrogens is 266 g/mol. The van der Waals surface area contributed by atoms with Crippen molar-refractivity contribution in [1.29, 1.82) is 0 Å². The zero-order valence-corrected chi connectivity index (χ0v) is 11.9. The molecule has 18 heavy (non-hydrogen) atoms. The van der Waals surface area contributed by atoms with E-state index in [1.807, 2.05) is 6.07 Å². The van der Waals surface area contributed by atoms with Crippen molar-refractivity contribution < 1.29 is 0 Å². The Kier molecular flexibility index (Phi) is 3.16. The second-order valence-electron chi connectivity index (χ2n) is 5.35. The summed E-state index contributed by atoms with van der Waals surface area (Å²) in [6.07, 6.45) is 5.60. The average Bonchev–Trinajstić information content (AvgIpc) is 2.84. The van der Waals surface area contributed by atoms with E-state index in [4.69, 9.17) is 23.8 Å². The second-order valence-corrected chi connectivity index (χ2v) is 6.17. The third-order valence-electron chi connectivity index (χ3n) is 3.82. The normalized spacial score (nSPS) is 23.9. The molecule has 2 unspecified atom stereocenters. The van der Waals surface area contributed by atoms with E-state index < -0.39 is 0 Å². The summed E-state index contributed by atoms with van der Waals surface area (Å²) in [7, 11) is 0. The van der Waals surface area contributed by atoms with Crippen LogP contribution in [-0.2, 0) is 6.54 Å². The lowest BCUT2D eigenvalue weighted by Gasteiger charge is -2.10. The molecule has 3 nitrogen and oxygen atoms in total. The van der Waals surface area contributed by atoms with Crippen LogP contribution in [0.25, 0.3) is 11.2 Å². The number of hydrogen-bond acceptors (Lipinski definition) is 2. The van der Waals surface area contributed by atoms with Crippen LogP contribution in [-0.4, -0.2) is 14.5 Å². The molecule has 0 amide bonds. The maximum Gasteiger partial charge on any atom is 0.179 e. The first-order chi connectivity index (χ1) is 8.63. The van der Waals surface area contributed by atoms with Crippen molar-refractivity contribution in [3.05, 3.63) is 22.1 Å². The molecule has 0 aromatic carbocycles. The Labute approximate surface area is 116 Å². The van der Waals surface area contributed by atoms with E-state index in [0.717, 1.165) is 34.3 Å². The summed E-state index contributed by atoms with van der Waals surface area (Å²) in [6, 6.07) is 1.88. The van der Waals surface area contributed by atoms with E-state index in [2.05, 4.69) is 21.5 Å². The van der Waals surface area contributed by atoms with Crippen LogP contribution >= 0.6 is 23.8 Å². The van der Waals surface area contributed by atoms with Gasteiger partial charge in [-0.15, -0.1) is 0 Å². The van der Waals surface area contributed by atoms with E-state index in [-0.39, 0.29) is 0 Å². The number of pyridine rings is 1. The molecule has 1 N–H and O–H groups in total. The van der Waals surface area contributed by atoms with Gasteiger partial charge >= 0.3 is 0 Å². The largest absolute Gasteiger partial charge is 0.329 e. The summed E-state index contributed by atoms with van der Waals surface area (Å²) >= 11 is 11.3. The van der Waals surface area contributed by atoms with Gasteiger partial charge in [0.2, 0.25) is 0 Å². The Hall–Kier alpha value is -0.870. The van der Waals surface area contributed by atoms with Crippen molar-refractivity contribution in [2.24, 2.45) is 11.8 Å². The predicted molar refractivity (Wildman–Crippen MR) is 76.4 cm³/mol. The van der Waals surface area contributed by atoms with Crippen LogP contribution in [0.2, 0.25) is 5.02 Å². The quantitative estimate of drug-likeness (QED) is 0.838. The fraction of sp³-hybridized carbons (Fsp3) is 0.538. The molecule has 3 rings (SSSR count). The fourth-order valence-corrected chi connectivity index (χ4v) is 3.37. The van der Waals surface area contributed by atoms with E-state index in [1.165, 1.54) is 19.3 Å². The van der Waals surface area contributed by atoms with Crippen molar-refractivity contribution in [3.63, 3.8) is 0 Å². The topological polar surface area (TPSA) is 33.6 Å². The molecule has 2 aromatic heterocycles. The van der Waals surface area contributed by atoms with Gasteiger partial charge in [-0.05, 0) is 43.0 Å². The minimum absolute atomic E-state index is 0.639. The minimum Gasteiger partial charge on any atom is -0.329 e. The molecule has 1 aliphatic rings. The number of nitrogens with one attached hydrogen (secondary N) is 1. The highest BCUT2D eigenvalue weighted by Gasteiger charge is 2.22. The highest BCUT2D eigenvalue weighted by atomic mass is 35.5. The Balaban J connectivity index is 1.96. The van der Waals surface area contributed by atoms with E-state index in [1.54, 1.807) is 6.20 Å². The van der Waals surface area contributed by atoms with Crippen LogP contribution in [0.5, 0.6) is 0 Å². The summed E-state index contributed by atoms with van der Waals surface area (Å²) in [5.74, 6) is 1.57. The van der Waals surface area contributed by atoms with Gasteiger partial charge in [-0.3, -0.25) is 0 Å². The van der Waals surface area contributed by atoms with Gasteiger partial charge in [0.05, 0.1) is 10.5 Å². The van der Waals surface area contributed by atoms with Gasteiger partial charge in [0.25, 0.3) is 0 Å². The van der Waals surface area contributed by atoms with Crippen molar-refractivity contribution in [1.82, 2.24) is 14.5 Å². The molecule has 1 aliphatic carbocycles. The summed E-state index contributed by atoms with van der Waals surface area (Å²) in [5, 5.41) is 0.639. The molecule has 0 saturated heterocycles. The van der Waals surface area contributed by atoms with Crippen LogP contribution in [0.3, 0.4) is 0 Å². The highest BCUT2D eigenvalue weighted by molar-refractivity contribution is 7.71. The number of rotatable bonds is 2. The SMILES string of the molecule is CC1CCC(Cn2c(=S)[nH]c3cc(Cl)cnc32)C1. The molecule has 0 bridgehead atoms. The first-order valence-electron chi connectivity index (χ1n) is 6.37. The maximum absolute atomic E-state index is 5.94. The van der Waals surface area contributed by atoms with Crippen molar-refractivity contribution >= 4 is 35.0 Å². The van der Waals surface area contributed by atoms with E-state index in [0.29, 0.717) is 5.02 Å². The van der Waals surface area contributed by atoms with Crippen LogP contribution < -0.4 is 0 Å². The third kappa shape index (κ3) is 2.19. The monoisotopic (exact) mass is 281 g/mol. The highest BCUT2D eigenvalue weighted by Crippen LogP contribution is 2.32. The number of H-pyrrole nitrogens is 1. The first kappa shape index (κ1) is 12.2. The standard InChI is InChI=1S/C13H16ClN3S/c1-8-2-3-9(4-8)7-17-12-11(16-13(17)18)5-10(14)6-15-12/h5-6,8-9H,2-4,7H2,1H3,(H,16,18). The molecule has 2 heterocycles. The molecule has 96 valence electrons. The third-order valence-corrected chi connectivity index (χ3v) is 4.35. The molecular formula is C13H16ClN3S. The molecule has 1 fully saturated rings. The number of imidazole rings is 1. The zero-order chi connectivity index (χ0) is 12.7. The molecule has 1 saturated carbocycles. The van der Waals surface area contributed by atoms with Gasteiger partial charge < -0.3 is 9.55 Å². The van der Waals surface area contributed by atoms with Crippen LogP contribution in [0.4, 0.5) is 0 Å². The summed E-state index contributed by atoms with van der Waals surface area (Å²) in [5.41, 5.74) is 1.85. The number of nitrogens with zero attached hydrogens (tertiary/aromatic N) is 2. The number of aromatic amines is 1. The minimum atomic E-state index is 0.639. The lowest BCUT2D eigenvalue weighted by Crippen LogP contribution is -2.08. The van der Waals surface area contributed by atoms with Crippen molar-refractivity contribution in [3.8, 4) is 0 Å².